The van der Waals surface area contributed by atoms with Gasteiger partial charge in [0.25, 0.3) is 5.91 Å². The molecule has 20 heavy (non-hydrogen) atoms. The van der Waals surface area contributed by atoms with Gasteiger partial charge in [0.15, 0.2) is 0 Å². The molecule has 0 fully saturated rings. The van der Waals surface area contributed by atoms with Gasteiger partial charge in [0, 0.05) is 11.8 Å². The van der Waals surface area contributed by atoms with Gasteiger partial charge in [-0.3, -0.25) is 4.79 Å². The number of H-pyrrole nitrogens is 1. The molecule has 7 heteroatoms. The number of nitrogens with one attached hydrogen (secondary N) is 2. The molecule has 1 aromatic heterocycles. The predicted octanol–water partition coefficient (Wildman–Crippen LogP) is 2.12. The Morgan fingerprint density at radius 2 is 2.00 bits per heavy atom. The highest BCUT2D eigenvalue weighted by atomic mass is 79.9. The molecule has 0 spiro atoms. The Morgan fingerprint density at radius 3 is 2.50 bits per heavy atom. The number of halogens is 1. The van der Waals surface area contributed by atoms with E-state index in [1.54, 1.807) is 24.7 Å². The smallest absolute Gasteiger partial charge is 0.251 e. The molecule has 0 unspecified atom stereocenters. The van der Waals surface area contributed by atoms with Crippen molar-refractivity contribution in [3.05, 3.63) is 40.4 Å². The van der Waals surface area contributed by atoms with E-state index in [4.69, 9.17) is 9.47 Å². The van der Waals surface area contributed by atoms with Gasteiger partial charge in [-0.1, -0.05) is 0 Å². The van der Waals surface area contributed by atoms with Gasteiger partial charge in [-0.25, -0.2) is 4.98 Å². The van der Waals surface area contributed by atoms with E-state index in [2.05, 4.69) is 31.2 Å². The van der Waals surface area contributed by atoms with Crippen LogP contribution in [-0.4, -0.2) is 30.1 Å². The number of hydrogen-bond donors (Lipinski definition) is 2. The monoisotopic (exact) mass is 339 g/mol. The van der Waals surface area contributed by atoms with Crippen molar-refractivity contribution in [2.75, 3.05) is 14.2 Å². The van der Waals surface area contributed by atoms with E-state index in [0.717, 1.165) is 5.69 Å². The van der Waals surface area contributed by atoms with Crippen LogP contribution in [0.25, 0.3) is 0 Å². The Morgan fingerprint density at radius 1 is 1.35 bits per heavy atom. The van der Waals surface area contributed by atoms with Gasteiger partial charge in [-0.05, 0) is 28.1 Å². The van der Waals surface area contributed by atoms with Gasteiger partial charge in [-0.2, -0.15) is 0 Å². The van der Waals surface area contributed by atoms with Crippen LogP contribution < -0.4 is 14.8 Å². The molecule has 0 aliphatic rings. The third-order valence-corrected chi connectivity index (χ3v) is 3.48. The second-order valence-corrected chi connectivity index (χ2v) is 4.75. The van der Waals surface area contributed by atoms with Crippen LogP contribution in [0.1, 0.15) is 16.1 Å². The number of carbonyl (C=O) groups excluding carboxylic acids is 1. The topological polar surface area (TPSA) is 76.2 Å². The lowest BCUT2D eigenvalue weighted by Gasteiger charge is -2.11. The Bertz CT molecular complexity index is 574. The SMILES string of the molecule is COc1cc(C(=O)NCc2cnc[nH]2)cc(OC)c1Br. The van der Waals surface area contributed by atoms with E-state index in [1.807, 2.05) is 0 Å². The zero-order chi connectivity index (χ0) is 14.5. The van der Waals surface area contributed by atoms with Crippen LogP contribution in [0.4, 0.5) is 0 Å². The summed E-state index contributed by atoms with van der Waals surface area (Å²) in [5.74, 6) is 0.857. The lowest BCUT2D eigenvalue weighted by molar-refractivity contribution is 0.0949. The van der Waals surface area contributed by atoms with Gasteiger partial charge >= 0.3 is 0 Å². The van der Waals surface area contributed by atoms with Crippen molar-refractivity contribution in [1.82, 2.24) is 15.3 Å². The minimum absolute atomic E-state index is 0.219. The van der Waals surface area contributed by atoms with Crippen LogP contribution >= 0.6 is 15.9 Å². The minimum Gasteiger partial charge on any atom is -0.495 e. The summed E-state index contributed by atoms with van der Waals surface area (Å²) in [6.45, 7) is 0.375. The van der Waals surface area contributed by atoms with Crippen molar-refractivity contribution in [3.63, 3.8) is 0 Å². The highest BCUT2D eigenvalue weighted by molar-refractivity contribution is 9.10. The van der Waals surface area contributed by atoms with Crippen LogP contribution in [0.15, 0.2) is 29.1 Å². The molecule has 2 N–H and O–H groups in total. The first-order valence-corrected chi connectivity index (χ1v) is 6.62. The normalized spacial score (nSPS) is 10.2. The Hall–Kier alpha value is -2.02. The maximum Gasteiger partial charge on any atom is 0.251 e. The summed E-state index contributed by atoms with van der Waals surface area (Å²) in [5.41, 5.74) is 1.29. The number of aromatic amines is 1. The Kier molecular flexibility index (Phi) is 4.62. The van der Waals surface area contributed by atoms with Crippen molar-refractivity contribution in [1.29, 1.82) is 0 Å². The third kappa shape index (κ3) is 3.11. The molecule has 0 atom stereocenters. The number of aromatic nitrogens is 2. The van der Waals surface area contributed by atoms with Crippen molar-refractivity contribution in [2.24, 2.45) is 0 Å². The van der Waals surface area contributed by atoms with E-state index < -0.39 is 0 Å². The van der Waals surface area contributed by atoms with Gasteiger partial charge in [0.05, 0.1) is 32.8 Å². The zero-order valence-corrected chi connectivity index (χ0v) is 12.7. The molecular formula is C13H14BrN3O3. The molecule has 6 nitrogen and oxygen atoms in total. The van der Waals surface area contributed by atoms with Crippen LogP contribution in [0.3, 0.4) is 0 Å². The fraction of sp³-hybridized carbons (Fsp3) is 0.231. The molecule has 0 aliphatic carbocycles. The maximum absolute atomic E-state index is 12.1. The summed E-state index contributed by atoms with van der Waals surface area (Å²) in [6.07, 6.45) is 3.22. The summed E-state index contributed by atoms with van der Waals surface area (Å²) >= 11 is 3.36. The first-order chi connectivity index (χ1) is 9.65. The van der Waals surface area contributed by atoms with Crippen molar-refractivity contribution < 1.29 is 14.3 Å². The van der Waals surface area contributed by atoms with E-state index in [1.165, 1.54) is 14.2 Å². The van der Waals surface area contributed by atoms with Crippen LogP contribution in [0, 0.1) is 0 Å². The van der Waals surface area contributed by atoms with E-state index in [-0.39, 0.29) is 5.91 Å². The second kappa shape index (κ2) is 6.42. The molecular weight excluding hydrogens is 326 g/mol. The summed E-state index contributed by atoms with van der Waals surface area (Å²) in [6, 6.07) is 3.30. The molecule has 106 valence electrons. The number of rotatable bonds is 5. The zero-order valence-electron chi connectivity index (χ0n) is 11.1. The van der Waals surface area contributed by atoms with Gasteiger partial charge < -0.3 is 19.8 Å². The average Bonchev–Trinajstić information content (AvgIpc) is 2.98. The lowest BCUT2D eigenvalue weighted by atomic mass is 10.2. The third-order valence-electron chi connectivity index (χ3n) is 2.70. The standard InChI is InChI=1S/C13H14BrN3O3/c1-19-10-3-8(4-11(20-2)12(10)14)13(18)16-6-9-5-15-7-17-9/h3-5,7H,6H2,1-2H3,(H,15,17)(H,16,18). The molecule has 0 saturated carbocycles. The Labute approximate surface area is 124 Å². The number of imidazole rings is 1. The number of amides is 1. The molecule has 1 aromatic carbocycles. The number of methoxy groups -OCH3 is 2. The predicted molar refractivity (Wildman–Crippen MR) is 77.0 cm³/mol. The lowest BCUT2D eigenvalue weighted by Crippen LogP contribution is -2.23. The van der Waals surface area contributed by atoms with E-state index >= 15 is 0 Å². The van der Waals surface area contributed by atoms with E-state index in [0.29, 0.717) is 28.1 Å². The van der Waals surface area contributed by atoms with Crippen LogP contribution in [0.5, 0.6) is 11.5 Å². The maximum atomic E-state index is 12.1. The number of hydrogen-bond acceptors (Lipinski definition) is 4. The summed E-state index contributed by atoms with van der Waals surface area (Å²) in [5, 5.41) is 2.79. The number of carbonyl (C=O) groups is 1. The highest BCUT2D eigenvalue weighted by Crippen LogP contribution is 2.35. The average molecular weight is 340 g/mol. The molecule has 0 aliphatic heterocycles. The quantitative estimate of drug-likeness (QED) is 0.874. The summed E-state index contributed by atoms with van der Waals surface area (Å²) in [4.78, 5) is 18.9. The molecule has 0 bridgehead atoms. The fourth-order valence-corrected chi connectivity index (χ4v) is 2.21. The Balaban J connectivity index is 2.16. The molecule has 2 rings (SSSR count). The largest absolute Gasteiger partial charge is 0.495 e. The van der Waals surface area contributed by atoms with Crippen LogP contribution in [0.2, 0.25) is 0 Å². The van der Waals surface area contributed by atoms with Gasteiger partial charge in [0.2, 0.25) is 0 Å². The fourth-order valence-electron chi connectivity index (χ4n) is 1.66. The minimum atomic E-state index is -0.219. The molecule has 1 amide bonds. The molecule has 2 aromatic rings. The van der Waals surface area contributed by atoms with E-state index in [9.17, 15) is 4.79 Å². The summed E-state index contributed by atoms with van der Waals surface area (Å²) in [7, 11) is 3.07. The number of benzene rings is 1. The van der Waals surface area contributed by atoms with Crippen molar-refractivity contribution in [2.45, 2.75) is 6.54 Å². The number of nitrogens with zero attached hydrogens (tertiary/aromatic N) is 1. The highest BCUT2D eigenvalue weighted by Gasteiger charge is 2.14. The second-order valence-electron chi connectivity index (χ2n) is 3.95. The van der Waals surface area contributed by atoms with Crippen molar-refractivity contribution in [3.8, 4) is 11.5 Å². The summed E-state index contributed by atoms with van der Waals surface area (Å²) < 4.78 is 11.1. The molecule has 1 heterocycles. The molecule has 0 saturated heterocycles. The van der Waals surface area contributed by atoms with Crippen molar-refractivity contribution >= 4 is 21.8 Å². The van der Waals surface area contributed by atoms with Crippen LogP contribution in [-0.2, 0) is 6.54 Å². The first-order valence-electron chi connectivity index (χ1n) is 5.82. The molecule has 0 radical (unpaired) electrons. The van der Waals surface area contributed by atoms with Gasteiger partial charge in [-0.15, -0.1) is 0 Å². The number of ether oxygens (including phenoxy) is 2. The van der Waals surface area contributed by atoms with Gasteiger partial charge in [0.1, 0.15) is 16.0 Å². The first kappa shape index (κ1) is 14.4.